The quantitative estimate of drug-likeness (QED) is 0.348. The Bertz CT molecular complexity index is 1520. The fourth-order valence-corrected chi connectivity index (χ4v) is 3.96. The van der Waals surface area contributed by atoms with Crippen molar-refractivity contribution in [2.45, 2.75) is 20.3 Å². The van der Waals surface area contributed by atoms with Gasteiger partial charge in [0.1, 0.15) is 11.9 Å². The van der Waals surface area contributed by atoms with Crippen LogP contribution in [0.3, 0.4) is 0 Å². The highest BCUT2D eigenvalue weighted by Crippen LogP contribution is 2.31. The highest BCUT2D eigenvalue weighted by molar-refractivity contribution is 5.88. The SMILES string of the molecule is CCc1c(C)c(C#N)c2nc3ccccc3n2c1N/N=C/c1ccc2nccnc2c1. The number of anilines is 1. The summed E-state index contributed by atoms with van der Waals surface area (Å²) >= 11 is 0. The van der Waals surface area contributed by atoms with Crippen molar-refractivity contribution >= 4 is 39.7 Å². The maximum absolute atomic E-state index is 9.80. The second kappa shape index (κ2) is 7.50. The van der Waals surface area contributed by atoms with Crippen LogP contribution in [0.1, 0.15) is 29.2 Å². The lowest BCUT2D eigenvalue weighted by Crippen LogP contribution is -2.07. The molecule has 2 aromatic carbocycles. The largest absolute Gasteiger partial charge is 0.276 e. The Morgan fingerprint density at radius 2 is 1.90 bits per heavy atom. The number of benzene rings is 2. The molecular weight excluding hydrogens is 386 g/mol. The maximum Gasteiger partial charge on any atom is 0.157 e. The predicted octanol–water partition coefficient (Wildman–Crippen LogP) is 4.62. The van der Waals surface area contributed by atoms with Gasteiger partial charge in [0.2, 0.25) is 0 Å². The van der Waals surface area contributed by atoms with Gasteiger partial charge in [-0.2, -0.15) is 10.4 Å². The minimum atomic E-state index is 0.593. The summed E-state index contributed by atoms with van der Waals surface area (Å²) in [5, 5.41) is 14.3. The molecule has 0 spiro atoms. The number of fused-ring (bicyclic) bond motifs is 4. The monoisotopic (exact) mass is 405 g/mol. The van der Waals surface area contributed by atoms with E-state index in [1.807, 2.05) is 53.8 Å². The Morgan fingerprint density at radius 1 is 1.10 bits per heavy atom. The summed E-state index contributed by atoms with van der Waals surface area (Å²) in [6, 6.07) is 16.0. The van der Waals surface area contributed by atoms with Gasteiger partial charge in [-0.05, 0) is 54.3 Å². The smallest absolute Gasteiger partial charge is 0.157 e. The van der Waals surface area contributed by atoms with Gasteiger partial charge in [0.25, 0.3) is 0 Å². The molecular formula is C24H19N7. The van der Waals surface area contributed by atoms with Crippen LogP contribution in [0, 0.1) is 18.3 Å². The van der Waals surface area contributed by atoms with Crippen molar-refractivity contribution in [1.82, 2.24) is 19.4 Å². The van der Waals surface area contributed by atoms with Crippen molar-refractivity contribution in [3.05, 3.63) is 77.1 Å². The molecule has 5 rings (SSSR count). The van der Waals surface area contributed by atoms with Crippen molar-refractivity contribution < 1.29 is 0 Å². The van der Waals surface area contributed by atoms with E-state index in [-0.39, 0.29) is 0 Å². The Hall–Kier alpha value is -4.31. The Balaban J connectivity index is 1.64. The molecule has 0 aliphatic carbocycles. The van der Waals surface area contributed by atoms with Crippen molar-refractivity contribution in [1.29, 1.82) is 5.26 Å². The summed E-state index contributed by atoms with van der Waals surface area (Å²) in [4.78, 5) is 13.4. The van der Waals surface area contributed by atoms with Gasteiger partial charge in [-0.25, -0.2) is 4.98 Å². The molecule has 0 fully saturated rings. The Labute approximate surface area is 178 Å². The van der Waals surface area contributed by atoms with Crippen LogP contribution >= 0.6 is 0 Å². The zero-order chi connectivity index (χ0) is 21.4. The molecule has 3 aromatic heterocycles. The van der Waals surface area contributed by atoms with E-state index in [9.17, 15) is 5.26 Å². The van der Waals surface area contributed by atoms with Crippen LogP contribution < -0.4 is 5.43 Å². The summed E-state index contributed by atoms with van der Waals surface area (Å²) in [6.45, 7) is 4.04. The second-order valence-corrected chi connectivity index (χ2v) is 7.23. The summed E-state index contributed by atoms with van der Waals surface area (Å²) < 4.78 is 1.99. The number of hydrogen-bond donors (Lipinski definition) is 1. The molecule has 7 nitrogen and oxygen atoms in total. The molecule has 31 heavy (non-hydrogen) atoms. The summed E-state index contributed by atoms with van der Waals surface area (Å²) in [5.41, 5.74) is 10.8. The highest BCUT2D eigenvalue weighted by atomic mass is 15.3. The van der Waals surface area contributed by atoms with Crippen LogP contribution in [0.5, 0.6) is 0 Å². The predicted molar refractivity (Wildman–Crippen MR) is 122 cm³/mol. The fourth-order valence-electron chi connectivity index (χ4n) is 3.96. The number of nitriles is 1. The molecule has 7 heteroatoms. The van der Waals surface area contributed by atoms with E-state index >= 15 is 0 Å². The third kappa shape index (κ3) is 3.06. The zero-order valence-corrected chi connectivity index (χ0v) is 17.2. The van der Waals surface area contributed by atoms with E-state index in [0.717, 1.165) is 51.0 Å². The van der Waals surface area contributed by atoms with Gasteiger partial charge >= 0.3 is 0 Å². The van der Waals surface area contributed by atoms with E-state index in [4.69, 9.17) is 4.98 Å². The van der Waals surface area contributed by atoms with Crippen LogP contribution in [0.2, 0.25) is 0 Å². The van der Waals surface area contributed by atoms with Crippen molar-refractivity contribution in [3.63, 3.8) is 0 Å². The summed E-state index contributed by atoms with van der Waals surface area (Å²) in [6.07, 6.45) is 5.87. The number of hydrazone groups is 1. The van der Waals surface area contributed by atoms with E-state index in [1.165, 1.54) is 0 Å². The number of nitrogens with zero attached hydrogens (tertiary/aromatic N) is 6. The van der Waals surface area contributed by atoms with Crippen LogP contribution in [-0.2, 0) is 6.42 Å². The molecule has 0 bridgehead atoms. The second-order valence-electron chi connectivity index (χ2n) is 7.23. The van der Waals surface area contributed by atoms with Gasteiger partial charge in [0, 0.05) is 12.4 Å². The number of nitrogens with one attached hydrogen (secondary N) is 1. The average molecular weight is 405 g/mol. The van der Waals surface area contributed by atoms with E-state index in [2.05, 4.69) is 33.5 Å². The van der Waals surface area contributed by atoms with E-state index < -0.39 is 0 Å². The molecule has 150 valence electrons. The van der Waals surface area contributed by atoms with Crippen LogP contribution in [-0.4, -0.2) is 25.6 Å². The van der Waals surface area contributed by atoms with Gasteiger partial charge < -0.3 is 0 Å². The lowest BCUT2D eigenvalue weighted by atomic mass is 10.0. The van der Waals surface area contributed by atoms with Gasteiger partial charge in [-0.3, -0.25) is 19.8 Å². The first-order chi connectivity index (χ1) is 15.2. The lowest BCUT2D eigenvalue weighted by Gasteiger charge is -2.15. The lowest BCUT2D eigenvalue weighted by molar-refractivity contribution is 1.04. The van der Waals surface area contributed by atoms with Crippen LogP contribution in [0.4, 0.5) is 5.82 Å². The van der Waals surface area contributed by atoms with Crippen molar-refractivity contribution in [2.75, 3.05) is 5.43 Å². The first-order valence-electron chi connectivity index (χ1n) is 10.0. The molecule has 0 aliphatic rings. The highest BCUT2D eigenvalue weighted by Gasteiger charge is 2.19. The molecule has 0 saturated heterocycles. The Kier molecular flexibility index (Phi) is 4.53. The standard InChI is InChI=1S/C24H19N7/c1-3-17-15(2)18(13-25)23-29-20-6-4-5-7-22(20)31(23)24(17)30-28-14-16-8-9-19-21(12-16)27-11-10-26-19/h4-12,14,30H,3H2,1-2H3/b28-14+. The van der Waals surface area contributed by atoms with Crippen LogP contribution in [0.15, 0.2) is 60.0 Å². The number of pyridine rings is 1. The van der Waals surface area contributed by atoms with Gasteiger partial charge in [0.05, 0.1) is 33.8 Å². The molecule has 0 atom stereocenters. The molecule has 1 N–H and O–H groups in total. The number of aromatic nitrogens is 4. The summed E-state index contributed by atoms with van der Waals surface area (Å²) in [5.74, 6) is 0.819. The molecule has 5 aromatic rings. The Morgan fingerprint density at radius 3 is 2.71 bits per heavy atom. The number of hydrogen-bond acceptors (Lipinski definition) is 6. The maximum atomic E-state index is 9.80. The molecule has 0 unspecified atom stereocenters. The fraction of sp³-hybridized carbons (Fsp3) is 0.125. The third-order valence-electron chi connectivity index (χ3n) is 5.46. The van der Waals surface area contributed by atoms with Crippen LogP contribution in [0.25, 0.3) is 27.7 Å². The zero-order valence-electron chi connectivity index (χ0n) is 17.2. The first kappa shape index (κ1) is 18.7. The molecule has 0 radical (unpaired) electrons. The minimum Gasteiger partial charge on any atom is -0.276 e. The van der Waals surface area contributed by atoms with Gasteiger partial charge in [-0.15, -0.1) is 0 Å². The van der Waals surface area contributed by atoms with E-state index in [0.29, 0.717) is 11.2 Å². The minimum absolute atomic E-state index is 0.593. The van der Waals surface area contributed by atoms with Crippen molar-refractivity contribution in [3.8, 4) is 6.07 Å². The summed E-state index contributed by atoms with van der Waals surface area (Å²) in [7, 11) is 0. The molecule has 3 heterocycles. The van der Waals surface area contributed by atoms with Gasteiger partial charge in [0.15, 0.2) is 5.65 Å². The topological polar surface area (TPSA) is 91.3 Å². The molecule has 0 amide bonds. The third-order valence-corrected chi connectivity index (χ3v) is 5.46. The average Bonchev–Trinajstić information content (AvgIpc) is 3.18. The van der Waals surface area contributed by atoms with E-state index in [1.54, 1.807) is 18.6 Å². The first-order valence-corrected chi connectivity index (χ1v) is 10.0. The molecule has 0 saturated carbocycles. The van der Waals surface area contributed by atoms with Crippen molar-refractivity contribution in [2.24, 2.45) is 5.10 Å². The van der Waals surface area contributed by atoms with Gasteiger partial charge in [-0.1, -0.05) is 25.1 Å². The number of para-hydroxylation sites is 2. The molecule has 0 aliphatic heterocycles. The normalized spacial score (nSPS) is 11.5. The number of rotatable bonds is 4. The number of imidazole rings is 1.